The lowest BCUT2D eigenvalue weighted by Crippen LogP contribution is -2.38. The molecule has 21 heavy (non-hydrogen) atoms. The molecule has 1 aliphatic carbocycles. The van der Waals surface area contributed by atoms with Crippen molar-refractivity contribution in [2.45, 2.75) is 65.4 Å². The molecule has 1 fully saturated rings. The molecular weight excluding hydrogens is 260 g/mol. The Balaban J connectivity index is 2.33. The minimum absolute atomic E-state index is 0.102. The Bertz CT molecular complexity index is 502. The predicted molar refractivity (Wildman–Crippen MR) is 86.7 cm³/mol. The third-order valence-corrected chi connectivity index (χ3v) is 4.70. The number of para-hydroxylation sites is 1. The van der Waals surface area contributed by atoms with E-state index in [0.717, 1.165) is 30.6 Å². The fourth-order valence-electron chi connectivity index (χ4n) is 3.51. The van der Waals surface area contributed by atoms with Gasteiger partial charge in [-0.3, -0.25) is 4.79 Å². The van der Waals surface area contributed by atoms with E-state index < -0.39 is 0 Å². The van der Waals surface area contributed by atoms with Crippen LogP contribution in [0.15, 0.2) is 24.3 Å². The Morgan fingerprint density at radius 1 is 1.19 bits per heavy atom. The Morgan fingerprint density at radius 3 is 2.48 bits per heavy atom. The summed E-state index contributed by atoms with van der Waals surface area (Å²) in [6, 6.07) is 8.18. The summed E-state index contributed by atoms with van der Waals surface area (Å²) in [5.41, 5.74) is 0.981. The topological polar surface area (TPSA) is 26.3 Å². The third kappa shape index (κ3) is 3.48. The Kier molecular flexibility index (Phi) is 4.75. The van der Waals surface area contributed by atoms with Crippen LogP contribution in [0.4, 0.5) is 0 Å². The first-order valence-electron chi connectivity index (χ1n) is 8.11. The van der Waals surface area contributed by atoms with Crippen molar-refractivity contribution in [2.75, 3.05) is 0 Å². The maximum Gasteiger partial charge on any atom is 0.137 e. The van der Waals surface area contributed by atoms with Crippen LogP contribution in [0.2, 0.25) is 0 Å². The lowest BCUT2D eigenvalue weighted by molar-refractivity contribution is -0.128. The number of rotatable bonds is 4. The maximum atomic E-state index is 12.5. The highest BCUT2D eigenvalue weighted by atomic mass is 16.5. The van der Waals surface area contributed by atoms with Gasteiger partial charge in [-0.25, -0.2) is 0 Å². The highest BCUT2D eigenvalue weighted by Gasteiger charge is 2.40. The summed E-state index contributed by atoms with van der Waals surface area (Å²) in [5.74, 6) is 1.97. The van der Waals surface area contributed by atoms with Crippen molar-refractivity contribution in [3.8, 4) is 5.75 Å². The smallest absolute Gasteiger partial charge is 0.137 e. The fourth-order valence-corrected chi connectivity index (χ4v) is 3.51. The van der Waals surface area contributed by atoms with Crippen molar-refractivity contribution in [1.82, 2.24) is 0 Å². The molecule has 2 heteroatoms. The number of ether oxygens (including phenoxy) is 1. The van der Waals surface area contributed by atoms with Gasteiger partial charge >= 0.3 is 0 Å². The number of benzene rings is 1. The lowest BCUT2D eigenvalue weighted by atomic mass is 9.65. The summed E-state index contributed by atoms with van der Waals surface area (Å²) in [5, 5.41) is 0. The minimum atomic E-state index is -0.178. The first-order chi connectivity index (χ1) is 9.82. The van der Waals surface area contributed by atoms with E-state index in [1.54, 1.807) is 0 Å². The molecule has 0 radical (unpaired) electrons. The number of Topliss-reactive ketones (excluding diaryl/α,β-unsaturated/α-hetero) is 1. The van der Waals surface area contributed by atoms with Gasteiger partial charge in [0.25, 0.3) is 0 Å². The maximum absolute atomic E-state index is 12.5. The van der Waals surface area contributed by atoms with Crippen LogP contribution in [0, 0.1) is 11.8 Å². The van der Waals surface area contributed by atoms with Crippen molar-refractivity contribution in [1.29, 1.82) is 0 Å². The van der Waals surface area contributed by atoms with Crippen LogP contribution in [0.3, 0.4) is 0 Å². The van der Waals surface area contributed by atoms with Crippen LogP contribution in [0.1, 0.15) is 59.4 Å². The molecule has 0 bridgehead atoms. The van der Waals surface area contributed by atoms with Gasteiger partial charge in [0.05, 0.1) is 6.10 Å². The van der Waals surface area contributed by atoms with E-state index in [0.29, 0.717) is 11.7 Å². The van der Waals surface area contributed by atoms with E-state index in [9.17, 15) is 4.79 Å². The summed E-state index contributed by atoms with van der Waals surface area (Å²) < 4.78 is 5.97. The molecule has 116 valence electrons. The zero-order chi connectivity index (χ0) is 15.6. The molecule has 2 unspecified atom stereocenters. The molecule has 1 aromatic carbocycles. The number of hydrogen-bond donors (Lipinski definition) is 0. The average Bonchev–Trinajstić information content (AvgIpc) is 2.37. The fraction of sp³-hybridized carbons (Fsp3) is 0.632. The summed E-state index contributed by atoms with van der Waals surface area (Å²) in [7, 11) is 0. The van der Waals surface area contributed by atoms with Gasteiger partial charge < -0.3 is 4.74 Å². The Labute approximate surface area is 128 Å². The summed E-state index contributed by atoms with van der Waals surface area (Å²) >= 11 is 0. The predicted octanol–water partition coefficient (Wildman–Crippen LogP) is 4.76. The van der Waals surface area contributed by atoms with Gasteiger partial charge in [-0.05, 0) is 38.7 Å². The second kappa shape index (κ2) is 6.21. The van der Waals surface area contributed by atoms with Crippen molar-refractivity contribution in [3.05, 3.63) is 29.8 Å². The number of ketones is 1. The molecule has 1 saturated carbocycles. The van der Waals surface area contributed by atoms with E-state index >= 15 is 0 Å². The van der Waals surface area contributed by atoms with E-state index in [1.807, 2.05) is 32.0 Å². The average molecular weight is 288 g/mol. The van der Waals surface area contributed by atoms with E-state index in [-0.39, 0.29) is 17.4 Å². The Hall–Kier alpha value is -1.31. The van der Waals surface area contributed by atoms with Gasteiger partial charge in [0.1, 0.15) is 11.5 Å². The molecular formula is C19H28O2. The molecule has 0 saturated heterocycles. The van der Waals surface area contributed by atoms with Crippen LogP contribution >= 0.6 is 0 Å². The van der Waals surface area contributed by atoms with Gasteiger partial charge in [-0.2, -0.15) is 0 Å². The zero-order valence-electron chi connectivity index (χ0n) is 14.0. The molecule has 1 aliphatic rings. The van der Waals surface area contributed by atoms with Crippen molar-refractivity contribution in [2.24, 2.45) is 11.8 Å². The molecule has 0 N–H and O–H groups in total. The van der Waals surface area contributed by atoms with Gasteiger partial charge in [0.15, 0.2) is 0 Å². The van der Waals surface area contributed by atoms with Crippen molar-refractivity contribution >= 4 is 5.78 Å². The highest BCUT2D eigenvalue weighted by Crippen LogP contribution is 2.43. The monoisotopic (exact) mass is 288 g/mol. The summed E-state index contributed by atoms with van der Waals surface area (Å²) in [6.07, 6.45) is 3.00. The minimum Gasteiger partial charge on any atom is -0.491 e. The standard InChI is InChI=1S/C19H28O2/c1-13(2)21-18-9-7-6-8-16(18)19(4,5)15-11-10-14(3)12-17(15)20/h6-9,13-15H,10-12H2,1-5H3. The second-order valence-corrected chi connectivity index (χ2v) is 7.29. The molecule has 0 amide bonds. The molecule has 0 heterocycles. The molecule has 1 aromatic rings. The SMILES string of the molecule is CC1CCC(C(C)(C)c2ccccc2OC(C)C)C(=O)C1. The first kappa shape index (κ1) is 16.1. The summed E-state index contributed by atoms with van der Waals surface area (Å²) in [4.78, 5) is 12.5. The molecule has 2 nitrogen and oxygen atoms in total. The van der Waals surface area contributed by atoms with Crippen LogP contribution in [-0.2, 0) is 10.2 Å². The highest BCUT2D eigenvalue weighted by molar-refractivity contribution is 5.83. The lowest BCUT2D eigenvalue weighted by Gasteiger charge is -2.38. The Morgan fingerprint density at radius 2 is 1.86 bits per heavy atom. The largest absolute Gasteiger partial charge is 0.491 e. The second-order valence-electron chi connectivity index (χ2n) is 7.29. The van der Waals surface area contributed by atoms with Gasteiger partial charge in [-0.1, -0.05) is 39.0 Å². The quantitative estimate of drug-likeness (QED) is 0.798. The number of hydrogen-bond acceptors (Lipinski definition) is 2. The molecule has 0 aromatic heterocycles. The van der Waals surface area contributed by atoms with Crippen LogP contribution in [0.5, 0.6) is 5.75 Å². The van der Waals surface area contributed by atoms with Crippen LogP contribution in [-0.4, -0.2) is 11.9 Å². The molecule has 0 aliphatic heterocycles. The van der Waals surface area contributed by atoms with Gasteiger partial charge in [-0.15, -0.1) is 0 Å². The first-order valence-corrected chi connectivity index (χ1v) is 8.11. The normalized spacial score (nSPS) is 23.4. The van der Waals surface area contributed by atoms with Crippen LogP contribution in [0.25, 0.3) is 0 Å². The molecule has 0 spiro atoms. The van der Waals surface area contributed by atoms with Crippen molar-refractivity contribution < 1.29 is 9.53 Å². The number of carbonyl (C=O) groups is 1. The van der Waals surface area contributed by atoms with Gasteiger partial charge in [0.2, 0.25) is 0 Å². The zero-order valence-corrected chi connectivity index (χ0v) is 14.0. The van der Waals surface area contributed by atoms with E-state index in [2.05, 4.69) is 26.8 Å². The number of carbonyl (C=O) groups excluding carboxylic acids is 1. The van der Waals surface area contributed by atoms with Crippen molar-refractivity contribution in [3.63, 3.8) is 0 Å². The molecule has 2 atom stereocenters. The van der Waals surface area contributed by atoms with Gasteiger partial charge in [0, 0.05) is 23.3 Å². The van der Waals surface area contributed by atoms with E-state index in [4.69, 9.17) is 4.74 Å². The summed E-state index contributed by atoms with van der Waals surface area (Å²) in [6.45, 7) is 10.6. The third-order valence-electron chi connectivity index (χ3n) is 4.70. The molecule has 2 rings (SSSR count). The van der Waals surface area contributed by atoms with E-state index in [1.165, 1.54) is 0 Å². The van der Waals surface area contributed by atoms with Crippen LogP contribution < -0.4 is 4.74 Å².